The number of nitrogens with one attached hydrogen (secondary N) is 1. The van der Waals surface area contributed by atoms with E-state index in [1.165, 1.54) is 5.37 Å². The van der Waals surface area contributed by atoms with Crippen LogP contribution in [0, 0.1) is 0 Å². The number of aromatic amines is 1. The predicted molar refractivity (Wildman–Crippen MR) is 43.9 cm³/mol. The van der Waals surface area contributed by atoms with Crippen LogP contribution in [-0.2, 0) is 0 Å². The first-order valence-corrected chi connectivity index (χ1v) is 3.20. The molecule has 4 heteroatoms. The molecule has 2 nitrogen and oxygen atoms in total. The molecule has 0 amide bonds. The van der Waals surface area contributed by atoms with E-state index in [0.717, 1.165) is 5.69 Å². The fourth-order valence-electron chi connectivity index (χ4n) is 0.454. The number of hydrogen-bond donors (Lipinski definition) is 1. The summed E-state index contributed by atoms with van der Waals surface area (Å²) in [5, 5.41) is 1.45. The Bertz CT molecular complexity index is 215. The van der Waals surface area contributed by atoms with Crippen molar-refractivity contribution < 1.29 is 0 Å². The molecule has 1 rings (SSSR count). The molecule has 1 heterocycles. The normalized spacial score (nSPS) is 8.89. The molecule has 0 aliphatic heterocycles. The smallest absolute Gasteiger partial charge is 0.0924 e. The minimum absolute atomic E-state index is 0.627. The van der Waals surface area contributed by atoms with Gasteiger partial charge in [-0.3, -0.25) is 0 Å². The Labute approximate surface area is 63.3 Å². The zero-order valence-corrected chi connectivity index (χ0v) is 6.13. The van der Waals surface area contributed by atoms with Crippen molar-refractivity contribution in [1.82, 2.24) is 9.97 Å². The highest BCUT2D eigenvalue weighted by Crippen LogP contribution is 1.91. The highest BCUT2D eigenvalue weighted by atomic mass is 32.1. The average molecular weight is 156 g/mol. The summed E-state index contributed by atoms with van der Waals surface area (Å²) < 4.78 is 0. The molecular weight excluding hydrogens is 152 g/mol. The zero-order chi connectivity index (χ0) is 6.69. The molecule has 0 bridgehead atoms. The van der Waals surface area contributed by atoms with Crippen LogP contribution in [-0.4, -0.2) is 20.2 Å². The molecule has 0 atom stereocenters. The van der Waals surface area contributed by atoms with Crippen LogP contribution in [0.1, 0.15) is 5.69 Å². The molecule has 0 saturated heterocycles. The van der Waals surface area contributed by atoms with Crippen LogP contribution in [0.25, 0.3) is 0 Å². The Kier molecular flexibility index (Phi) is 2.02. The first-order chi connectivity index (χ1) is 4.34. The van der Waals surface area contributed by atoms with Gasteiger partial charge in [-0.2, -0.15) is 0 Å². The number of imidazole rings is 1. The zero-order valence-electron chi connectivity index (χ0n) is 4.50. The Morgan fingerprint density at radius 1 is 1.78 bits per heavy atom. The molecule has 46 valence electrons. The third kappa shape index (κ3) is 1.40. The van der Waals surface area contributed by atoms with E-state index in [9.17, 15) is 0 Å². The topological polar surface area (TPSA) is 28.7 Å². The summed E-state index contributed by atoms with van der Waals surface area (Å²) in [6, 6.07) is 0. The number of nitrogens with zero attached hydrogens (tertiary/aromatic N) is 1. The van der Waals surface area contributed by atoms with E-state index in [-0.39, 0.29) is 0 Å². The lowest BCUT2D eigenvalue weighted by atomic mass is 10.4. The fraction of sp³-hybridized carbons (Fsp3) is 0. The average Bonchev–Trinajstić information content (AvgIpc) is 2.37. The molecule has 0 aromatic carbocycles. The second-order valence-electron chi connectivity index (χ2n) is 1.45. The molecule has 0 saturated carbocycles. The quantitative estimate of drug-likeness (QED) is 0.514. The lowest BCUT2D eigenvalue weighted by Crippen LogP contribution is -1.95. The Morgan fingerprint density at radius 2 is 2.56 bits per heavy atom. The van der Waals surface area contributed by atoms with Crippen LogP contribution in [0.4, 0.5) is 0 Å². The van der Waals surface area contributed by atoms with Crippen LogP contribution < -0.4 is 0 Å². The van der Waals surface area contributed by atoms with Crippen LogP contribution in [0.15, 0.2) is 12.5 Å². The van der Waals surface area contributed by atoms with E-state index in [2.05, 4.69) is 22.2 Å². The number of rotatable bonds is 2. The van der Waals surface area contributed by atoms with Crippen LogP contribution in [0.3, 0.4) is 0 Å². The summed E-state index contributed by atoms with van der Waals surface area (Å²) in [4.78, 5) is 7.25. The van der Waals surface area contributed by atoms with Gasteiger partial charge in [0.05, 0.1) is 23.1 Å². The van der Waals surface area contributed by atoms with E-state index in [4.69, 9.17) is 12.2 Å². The minimum atomic E-state index is 0.627. The van der Waals surface area contributed by atoms with E-state index < -0.39 is 0 Å². The number of H-pyrrole nitrogens is 1. The maximum Gasteiger partial charge on any atom is 0.0924 e. The van der Waals surface area contributed by atoms with Gasteiger partial charge in [0.15, 0.2) is 0 Å². The SMILES string of the molecule is S=CC(=S)c1cnc[nH]1. The summed E-state index contributed by atoms with van der Waals surface area (Å²) in [7, 11) is 0. The molecule has 1 aromatic heterocycles. The van der Waals surface area contributed by atoms with Gasteiger partial charge in [-0.05, 0) is 0 Å². The molecule has 0 spiro atoms. The van der Waals surface area contributed by atoms with E-state index in [1.807, 2.05) is 0 Å². The number of hydrogen-bond acceptors (Lipinski definition) is 3. The van der Waals surface area contributed by atoms with Gasteiger partial charge < -0.3 is 4.98 Å². The monoisotopic (exact) mass is 156 g/mol. The molecule has 0 aliphatic carbocycles. The number of aromatic nitrogens is 2. The summed E-state index contributed by atoms with van der Waals surface area (Å²) in [6.45, 7) is 0. The minimum Gasteiger partial charge on any atom is -0.344 e. The van der Waals surface area contributed by atoms with Crippen LogP contribution >= 0.6 is 24.4 Å². The highest BCUT2D eigenvalue weighted by Gasteiger charge is 1.94. The predicted octanol–water partition coefficient (Wildman–Crippen LogP) is 1.13. The van der Waals surface area contributed by atoms with Crippen molar-refractivity contribution in [3.05, 3.63) is 18.2 Å². The Balaban J connectivity index is 2.89. The van der Waals surface area contributed by atoms with Crippen molar-refractivity contribution in [3.8, 4) is 0 Å². The summed E-state index contributed by atoms with van der Waals surface area (Å²) in [5.74, 6) is 0. The van der Waals surface area contributed by atoms with Gasteiger partial charge >= 0.3 is 0 Å². The van der Waals surface area contributed by atoms with E-state index in [0.29, 0.717) is 4.86 Å². The molecule has 0 aliphatic rings. The van der Waals surface area contributed by atoms with Crippen molar-refractivity contribution in [2.45, 2.75) is 0 Å². The van der Waals surface area contributed by atoms with Crippen LogP contribution in [0.5, 0.6) is 0 Å². The molecule has 1 aromatic rings. The van der Waals surface area contributed by atoms with Crippen molar-refractivity contribution in [3.63, 3.8) is 0 Å². The van der Waals surface area contributed by atoms with Gasteiger partial charge in [-0.25, -0.2) is 4.98 Å². The lowest BCUT2D eigenvalue weighted by Gasteiger charge is -1.85. The molecule has 9 heavy (non-hydrogen) atoms. The first kappa shape index (κ1) is 6.51. The van der Waals surface area contributed by atoms with Gasteiger partial charge in [0.25, 0.3) is 0 Å². The van der Waals surface area contributed by atoms with Crippen LogP contribution in [0.2, 0.25) is 0 Å². The fourth-order valence-corrected chi connectivity index (χ4v) is 0.693. The highest BCUT2D eigenvalue weighted by molar-refractivity contribution is 7.88. The third-order valence-corrected chi connectivity index (χ3v) is 1.59. The second-order valence-corrected chi connectivity index (χ2v) is 2.12. The standard InChI is InChI=1S/C5H4N2S2/c8-2-5(9)4-1-6-3-7-4/h1-3H,(H,6,7). The maximum absolute atomic E-state index is 4.84. The van der Waals surface area contributed by atoms with E-state index in [1.54, 1.807) is 12.5 Å². The Hall–Kier alpha value is -0.610. The van der Waals surface area contributed by atoms with Gasteiger partial charge in [0.1, 0.15) is 0 Å². The van der Waals surface area contributed by atoms with Gasteiger partial charge in [-0.1, -0.05) is 24.4 Å². The summed E-state index contributed by atoms with van der Waals surface area (Å²) >= 11 is 9.45. The first-order valence-electron chi connectivity index (χ1n) is 2.32. The largest absolute Gasteiger partial charge is 0.344 e. The van der Waals surface area contributed by atoms with E-state index >= 15 is 0 Å². The van der Waals surface area contributed by atoms with Crippen molar-refractivity contribution in [2.24, 2.45) is 0 Å². The lowest BCUT2D eigenvalue weighted by molar-refractivity contribution is 1.31. The molecule has 0 fully saturated rings. The van der Waals surface area contributed by atoms with Gasteiger partial charge in [0.2, 0.25) is 0 Å². The van der Waals surface area contributed by atoms with Crippen molar-refractivity contribution in [1.29, 1.82) is 0 Å². The molecule has 0 unspecified atom stereocenters. The molecule has 0 radical (unpaired) electrons. The van der Waals surface area contributed by atoms with Crippen molar-refractivity contribution in [2.75, 3.05) is 0 Å². The van der Waals surface area contributed by atoms with Gasteiger partial charge in [0, 0.05) is 5.37 Å². The Morgan fingerprint density at radius 3 is 3.00 bits per heavy atom. The maximum atomic E-state index is 4.84. The van der Waals surface area contributed by atoms with Crippen molar-refractivity contribution >= 4 is 34.7 Å². The summed E-state index contributed by atoms with van der Waals surface area (Å²) in [6.07, 6.45) is 3.21. The molecule has 1 N–H and O–H groups in total. The summed E-state index contributed by atoms with van der Waals surface area (Å²) in [5.41, 5.74) is 0.806. The number of thiocarbonyl (C=S) groups is 2. The molecular formula is C5H4N2S2. The second kappa shape index (κ2) is 2.80. The third-order valence-electron chi connectivity index (χ3n) is 0.871. The van der Waals surface area contributed by atoms with Gasteiger partial charge in [-0.15, -0.1) is 0 Å².